The topological polar surface area (TPSA) is 46.1 Å². The Kier molecular flexibility index (Phi) is 3.77. The highest BCUT2D eigenvalue weighted by Gasteiger charge is 2.28. The molecule has 0 fully saturated rings. The van der Waals surface area contributed by atoms with Crippen molar-refractivity contribution in [2.45, 2.75) is 14.9 Å². The first-order valence-electron chi connectivity index (χ1n) is 6.98. The van der Waals surface area contributed by atoms with Crippen LogP contribution < -0.4 is 4.90 Å². The summed E-state index contributed by atoms with van der Waals surface area (Å²) >= 11 is 2.71. The minimum Gasteiger partial charge on any atom is -0.269 e. The maximum atomic E-state index is 12.9. The van der Waals surface area contributed by atoms with Crippen molar-refractivity contribution in [1.29, 1.82) is 0 Å². The van der Waals surface area contributed by atoms with Crippen molar-refractivity contribution < 1.29 is 4.79 Å². The number of thioether (sulfide) groups is 1. The predicted molar refractivity (Wildman–Crippen MR) is 92.4 cm³/mol. The van der Waals surface area contributed by atoms with Crippen LogP contribution in [0.5, 0.6) is 0 Å². The standard InChI is InChI=1S/C17H11N3OS2/c21-17(23-16-18-10-5-11-19-16)20-12-6-1-3-8-14(12)22-15-9-4-2-7-13(15)20/h1-11H. The van der Waals surface area contributed by atoms with Gasteiger partial charge >= 0.3 is 0 Å². The summed E-state index contributed by atoms with van der Waals surface area (Å²) in [4.78, 5) is 25.0. The van der Waals surface area contributed by atoms with Crippen LogP contribution in [0, 0.1) is 0 Å². The Labute approximate surface area is 142 Å². The molecule has 6 heteroatoms. The van der Waals surface area contributed by atoms with Crippen LogP contribution in [-0.2, 0) is 0 Å². The second-order valence-electron chi connectivity index (χ2n) is 4.77. The van der Waals surface area contributed by atoms with Gasteiger partial charge in [0.2, 0.25) is 0 Å². The summed E-state index contributed by atoms with van der Waals surface area (Å²) in [6.45, 7) is 0. The lowest BCUT2D eigenvalue weighted by Gasteiger charge is -2.30. The van der Waals surface area contributed by atoms with Gasteiger partial charge in [-0.1, -0.05) is 36.0 Å². The Morgan fingerprint density at radius 2 is 1.43 bits per heavy atom. The smallest absolute Gasteiger partial charge is 0.269 e. The molecule has 0 N–H and O–H groups in total. The van der Waals surface area contributed by atoms with Crippen molar-refractivity contribution in [3.63, 3.8) is 0 Å². The number of para-hydroxylation sites is 2. The number of fused-ring (bicyclic) bond motifs is 2. The Hall–Kier alpha value is -2.31. The van der Waals surface area contributed by atoms with Crippen LogP contribution in [0.15, 0.2) is 81.9 Å². The van der Waals surface area contributed by atoms with E-state index >= 15 is 0 Å². The van der Waals surface area contributed by atoms with Gasteiger partial charge in [0, 0.05) is 33.9 Å². The van der Waals surface area contributed by atoms with Crippen LogP contribution in [-0.4, -0.2) is 15.2 Å². The Morgan fingerprint density at radius 1 is 0.870 bits per heavy atom. The molecule has 4 rings (SSSR count). The molecule has 4 nitrogen and oxygen atoms in total. The number of hydrogen-bond donors (Lipinski definition) is 0. The van der Waals surface area contributed by atoms with Crippen LogP contribution in [0.2, 0.25) is 0 Å². The van der Waals surface area contributed by atoms with Crippen LogP contribution in [0.1, 0.15) is 0 Å². The van der Waals surface area contributed by atoms with Gasteiger partial charge in [-0.25, -0.2) is 9.97 Å². The van der Waals surface area contributed by atoms with Crippen LogP contribution in [0.3, 0.4) is 0 Å². The van der Waals surface area contributed by atoms with E-state index in [1.807, 2.05) is 48.5 Å². The molecule has 0 saturated carbocycles. The minimum atomic E-state index is -0.114. The largest absolute Gasteiger partial charge is 0.298 e. The van der Waals surface area contributed by atoms with Gasteiger partial charge in [0.05, 0.1) is 11.4 Å². The molecule has 0 atom stereocenters. The number of aromatic nitrogens is 2. The highest BCUT2D eigenvalue weighted by molar-refractivity contribution is 8.13. The molecule has 0 unspecified atom stereocenters. The molecule has 0 bridgehead atoms. The van der Waals surface area contributed by atoms with E-state index < -0.39 is 0 Å². The van der Waals surface area contributed by atoms with E-state index in [0.717, 1.165) is 32.9 Å². The molecule has 1 aromatic heterocycles. The van der Waals surface area contributed by atoms with Crippen molar-refractivity contribution in [3.8, 4) is 0 Å². The maximum absolute atomic E-state index is 12.9. The summed E-state index contributed by atoms with van der Waals surface area (Å²) in [5.74, 6) is 0. The lowest BCUT2D eigenvalue weighted by atomic mass is 10.2. The lowest BCUT2D eigenvalue weighted by Crippen LogP contribution is -2.24. The molecule has 2 heterocycles. The Balaban J connectivity index is 1.77. The third-order valence-corrected chi connectivity index (χ3v) is 5.22. The maximum Gasteiger partial charge on any atom is 0.298 e. The molecule has 0 spiro atoms. The van der Waals surface area contributed by atoms with Crippen molar-refractivity contribution in [3.05, 3.63) is 67.0 Å². The monoisotopic (exact) mass is 337 g/mol. The molecule has 0 radical (unpaired) electrons. The lowest BCUT2D eigenvalue weighted by molar-refractivity contribution is 0.266. The average molecular weight is 337 g/mol. The fourth-order valence-corrected chi connectivity index (χ4v) is 4.09. The van der Waals surface area contributed by atoms with Crippen LogP contribution in [0.25, 0.3) is 0 Å². The molecule has 1 amide bonds. The first-order valence-corrected chi connectivity index (χ1v) is 8.61. The van der Waals surface area contributed by atoms with Gasteiger partial charge in [-0.05, 0) is 30.3 Å². The van der Waals surface area contributed by atoms with Crippen molar-refractivity contribution >= 4 is 40.1 Å². The number of anilines is 2. The SMILES string of the molecule is O=C(Sc1ncccn1)N1c2ccccc2Sc2ccccc21. The zero-order chi connectivity index (χ0) is 15.6. The van der Waals surface area contributed by atoms with E-state index in [4.69, 9.17) is 0 Å². The second kappa shape index (κ2) is 6.06. The van der Waals surface area contributed by atoms with E-state index in [2.05, 4.69) is 9.97 Å². The first kappa shape index (κ1) is 14.3. The highest BCUT2D eigenvalue weighted by atomic mass is 32.2. The van der Waals surface area contributed by atoms with E-state index in [0.29, 0.717) is 5.16 Å². The Morgan fingerprint density at radius 3 is 2.04 bits per heavy atom. The molecule has 112 valence electrons. The number of carbonyl (C=O) groups excluding carboxylic acids is 1. The molecular weight excluding hydrogens is 326 g/mol. The summed E-state index contributed by atoms with van der Waals surface area (Å²) in [7, 11) is 0. The number of hydrogen-bond acceptors (Lipinski definition) is 5. The number of nitrogens with zero attached hydrogens (tertiary/aromatic N) is 3. The average Bonchev–Trinajstić information content (AvgIpc) is 2.60. The normalized spacial score (nSPS) is 12.4. The third kappa shape index (κ3) is 2.71. The third-order valence-electron chi connectivity index (χ3n) is 3.34. The van der Waals surface area contributed by atoms with Crippen molar-refractivity contribution in [2.75, 3.05) is 4.90 Å². The molecule has 23 heavy (non-hydrogen) atoms. The number of amides is 1. The van der Waals surface area contributed by atoms with E-state index in [1.54, 1.807) is 35.1 Å². The van der Waals surface area contributed by atoms with Gasteiger partial charge in [-0.2, -0.15) is 0 Å². The number of carbonyl (C=O) groups is 1. The fraction of sp³-hybridized carbons (Fsp3) is 0. The second-order valence-corrected chi connectivity index (χ2v) is 6.77. The van der Waals surface area contributed by atoms with Gasteiger partial charge < -0.3 is 0 Å². The summed E-state index contributed by atoms with van der Waals surface area (Å²) in [6, 6.07) is 17.6. The van der Waals surface area contributed by atoms with E-state index in [-0.39, 0.29) is 5.24 Å². The van der Waals surface area contributed by atoms with Gasteiger partial charge in [0.1, 0.15) is 0 Å². The molecule has 0 saturated heterocycles. The van der Waals surface area contributed by atoms with E-state index in [9.17, 15) is 4.79 Å². The number of benzene rings is 2. The molecule has 2 aromatic carbocycles. The predicted octanol–water partition coefficient (Wildman–Crippen LogP) is 4.99. The summed E-state index contributed by atoms with van der Waals surface area (Å²) < 4.78 is 0. The van der Waals surface area contributed by atoms with Gasteiger partial charge in [0.25, 0.3) is 5.24 Å². The molecular formula is C17H11N3OS2. The summed E-state index contributed by atoms with van der Waals surface area (Å²) in [5.41, 5.74) is 1.79. The van der Waals surface area contributed by atoms with Crippen molar-refractivity contribution in [2.24, 2.45) is 0 Å². The van der Waals surface area contributed by atoms with Crippen molar-refractivity contribution in [1.82, 2.24) is 9.97 Å². The first-order chi connectivity index (χ1) is 11.3. The zero-order valence-electron chi connectivity index (χ0n) is 11.9. The van der Waals surface area contributed by atoms with Gasteiger partial charge in [0.15, 0.2) is 5.16 Å². The van der Waals surface area contributed by atoms with Crippen LogP contribution >= 0.6 is 23.5 Å². The quantitative estimate of drug-likeness (QED) is 0.462. The summed E-state index contributed by atoms with van der Waals surface area (Å²) in [5, 5.41) is 0.335. The van der Waals surface area contributed by atoms with Gasteiger partial charge in [-0.15, -0.1) is 0 Å². The van der Waals surface area contributed by atoms with E-state index in [1.165, 1.54) is 0 Å². The molecule has 0 aliphatic carbocycles. The minimum absolute atomic E-state index is 0.114. The Bertz CT molecular complexity index is 825. The zero-order valence-corrected chi connectivity index (χ0v) is 13.6. The highest BCUT2D eigenvalue weighted by Crippen LogP contribution is 2.49. The molecule has 1 aliphatic heterocycles. The summed E-state index contributed by atoms with van der Waals surface area (Å²) in [6.07, 6.45) is 3.27. The molecule has 1 aliphatic rings. The van der Waals surface area contributed by atoms with Crippen LogP contribution in [0.4, 0.5) is 16.2 Å². The fourth-order valence-electron chi connectivity index (χ4n) is 2.36. The van der Waals surface area contributed by atoms with Gasteiger partial charge in [-0.3, -0.25) is 9.69 Å². The molecule has 3 aromatic rings. The number of rotatable bonds is 1.